The largest absolute Gasteiger partial charge is 0.274 e. The molecule has 166 valence electrons. The summed E-state index contributed by atoms with van der Waals surface area (Å²) in [6, 6.07) is 8.12. The molecule has 2 rings (SSSR count). The first-order chi connectivity index (χ1) is 14.0. The Bertz CT molecular complexity index is 723. The third-order valence-corrected chi connectivity index (χ3v) is 7.17. The lowest BCUT2D eigenvalue weighted by atomic mass is 9.51. The maximum Gasteiger partial charge on any atom is 0.237 e. The molecule has 0 N–H and O–H groups in total. The van der Waals surface area contributed by atoms with Crippen molar-refractivity contribution in [3.8, 4) is 0 Å². The Kier molecular flexibility index (Phi) is 8.36. The van der Waals surface area contributed by atoms with Gasteiger partial charge in [0, 0.05) is 6.42 Å². The first-order valence-electron chi connectivity index (χ1n) is 12.0. The van der Waals surface area contributed by atoms with Gasteiger partial charge in [-0.25, -0.2) is 0 Å². The highest BCUT2D eigenvalue weighted by atomic mass is 16.2. The van der Waals surface area contributed by atoms with E-state index < -0.39 is 0 Å². The zero-order valence-corrected chi connectivity index (χ0v) is 20.4. The van der Waals surface area contributed by atoms with Gasteiger partial charge in [-0.2, -0.15) is 0 Å². The van der Waals surface area contributed by atoms with Crippen LogP contribution in [0.3, 0.4) is 0 Å². The summed E-state index contributed by atoms with van der Waals surface area (Å²) < 4.78 is 0. The second kappa shape index (κ2) is 10.2. The van der Waals surface area contributed by atoms with Gasteiger partial charge in [-0.1, -0.05) is 91.5 Å². The fourth-order valence-corrected chi connectivity index (χ4v) is 4.95. The average Bonchev–Trinajstić information content (AvgIpc) is 2.98. The van der Waals surface area contributed by atoms with Crippen molar-refractivity contribution in [3.05, 3.63) is 29.8 Å². The van der Waals surface area contributed by atoms with Crippen LogP contribution < -0.4 is 4.90 Å². The minimum Gasteiger partial charge on any atom is -0.274 e. The van der Waals surface area contributed by atoms with Gasteiger partial charge in [-0.3, -0.25) is 14.5 Å². The molecule has 0 radical (unpaired) electrons. The molecule has 3 nitrogen and oxygen atoms in total. The highest BCUT2D eigenvalue weighted by molar-refractivity contribution is 6.37. The number of amides is 2. The summed E-state index contributed by atoms with van der Waals surface area (Å²) in [6.45, 7) is 15.8. The van der Waals surface area contributed by atoms with E-state index in [0.29, 0.717) is 6.42 Å². The maximum atomic E-state index is 13.1. The van der Waals surface area contributed by atoms with Gasteiger partial charge in [0.2, 0.25) is 11.8 Å². The number of anilines is 1. The van der Waals surface area contributed by atoms with Crippen LogP contribution in [0.15, 0.2) is 24.3 Å². The quantitative estimate of drug-likeness (QED) is 0.236. The van der Waals surface area contributed by atoms with Crippen molar-refractivity contribution in [2.45, 2.75) is 104 Å². The van der Waals surface area contributed by atoms with E-state index in [9.17, 15) is 9.59 Å². The third kappa shape index (κ3) is 5.98. The minimum atomic E-state index is -0.166. The molecular weight excluding hydrogens is 369 g/mol. The standard InChI is InChI=1S/C26H42BNO2/c1-8-9-10-11-12-19(2)22-17-23(29)28(24(22)30)21-15-13-20(14-16-21)25(3,4)18-26(5,6)27-7/h13-16,19,22,27H,8-12,17-18H2,1-7H3. The van der Waals surface area contributed by atoms with Gasteiger partial charge in [-0.05, 0) is 41.9 Å². The summed E-state index contributed by atoms with van der Waals surface area (Å²) >= 11 is 0. The van der Waals surface area contributed by atoms with Crippen LogP contribution in [0.4, 0.5) is 5.69 Å². The van der Waals surface area contributed by atoms with Crippen LogP contribution in [0.25, 0.3) is 0 Å². The van der Waals surface area contributed by atoms with E-state index >= 15 is 0 Å². The highest BCUT2D eigenvalue weighted by Crippen LogP contribution is 2.41. The van der Waals surface area contributed by atoms with Gasteiger partial charge in [0.1, 0.15) is 7.28 Å². The molecule has 1 fully saturated rings. The van der Waals surface area contributed by atoms with Crippen molar-refractivity contribution < 1.29 is 9.59 Å². The summed E-state index contributed by atoms with van der Waals surface area (Å²) in [5.74, 6) is 0.0324. The van der Waals surface area contributed by atoms with Gasteiger partial charge in [-0.15, -0.1) is 0 Å². The number of carbonyl (C=O) groups is 2. The smallest absolute Gasteiger partial charge is 0.237 e. The Morgan fingerprint density at radius 1 is 1.07 bits per heavy atom. The Morgan fingerprint density at radius 3 is 2.27 bits per heavy atom. The highest BCUT2D eigenvalue weighted by Gasteiger charge is 2.42. The van der Waals surface area contributed by atoms with E-state index in [2.05, 4.69) is 60.5 Å². The Labute approximate surface area is 185 Å². The van der Waals surface area contributed by atoms with E-state index in [0.717, 1.165) is 32.2 Å². The summed E-state index contributed by atoms with van der Waals surface area (Å²) in [5, 5.41) is 0.281. The molecule has 1 aromatic rings. The van der Waals surface area contributed by atoms with E-state index in [1.807, 2.05) is 12.1 Å². The topological polar surface area (TPSA) is 37.4 Å². The van der Waals surface area contributed by atoms with Crippen molar-refractivity contribution in [3.63, 3.8) is 0 Å². The summed E-state index contributed by atoms with van der Waals surface area (Å²) in [5.41, 5.74) is 2.03. The molecule has 2 unspecified atom stereocenters. The first kappa shape index (κ1) is 24.7. The molecular formula is C26H42BNO2. The second-order valence-corrected chi connectivity index (χ2v) is 10.8. The first-order valence-corrected chi connectivity index (χ1v) is 12.0. The number of nitrogens with zero attached hydrogens (tertiary/aromatic N) is 1. The number of unbranched alkanes of at least 4 members (excludes halogenated alkanes) is 3. The van der Waals surface area contributed by atoms with Gasteiger partial charge in [0.15, 0.2) is 0 Å². The molecule has 1 aliphatic rings. The molecule has 0 aromatic heterocycles. The number of imide groups is 1. The summed E-state index contributed by atoms with van der Waals surface area (Å²) in [7, 11) is 1.14. The van der Waals surface area contributed by atoms with E-state index in [-0.39, 0.29) is 34.4 Å². The predicted molar refractivity (Wildman–Crippen MR) is 130 cm³/mol. The number of hydrogen-bond donors (Lipinski definition) is 0. The number of carbonyl (C=O) groups excluding carboxylic acids is 2. The normalized spacial score (nSPS) is 18.8. The van der Waals surface area contributed by atoms with E-state index in [4.69, 9.17) is 0 Å². The van der Waals surface area contributed by atoms with Crippen LogP contribution in [-0.4, -0.2) is 19.1 Å². The van der Waals surface area contributed by atoms with Crippen molar-refractivity contribution in [1.29, 1.82) is 0 Å². The van der Waals surface area contributed by atoms with Gasteiger partial charge in [0.05, 0.1) is 11.6 Å². The Hall–Kier alpha value is -1.58. The monoisotopic (exact) mass is 411 g/mol. The molecule has 2 atom stereocenters. The average molecular weight is 411 g/mol. The van der Waals surface area contributed by atoms with Crippen molar-refractivity contribution >= 4 is 24.8 Å². The van der Waals surface area contributed by atoms with Crippen molar-refractivity contribution in [2.75, 3.05) is 4.90 Å². The second-order valence-electron chi connectivity index (χ2n) is 10.8. The molecule has 1 heterocycles. The van der Waals surface area contributed by atoms with Crippen LogP contribution in [0.5, 0.6) is 0 Å². The summed E-state index contributed by atoms with van der Waals surface area (Å²) in [4.78, 5) is 27.2. The van der Waals surface area contributed by atoms with Crippen LogP contribution >= 0.6 is 0 Å². The Morgan fingerprint density at radius 2 is 1.70 bits per heavy atom. The molecule has 0 bridgehead atoms. The van der Waals surface area contributed by atoms with Crippen LogP contribution in [0.2, 0.25) is 12.1 Å². The fourth-order valence-electron chi connectivity index (χ4n) is 4.95. The lowest BCUT2D eigenvalue weighted by Crippen LogP contribution is -2.32. The molecule has 0 saturated carbocycles. The molecule has 1 aliphatic heterocycles. The molecule has 4 heteroatoms. The lowest BCUT2D eigenvalue weighted by Gasteiger charge is -2.34. The molecule has 30 heavy (non-hydrogen) atoms. The number of rotatable bonds is 11. The van der Waals surface area contributed by atoms with Crippen molar-refractivity contribution in [1.82, 2.24) is 0 Å². The van der Waals surface area contributed by atoms with Gasteiger partial charge in [0.25, 0.3) is 0 Å². The molecule has 0 aliphatic carbocycles. The van der Waals surface area contributed by atoms with Gasteiger partial charge >= 0.3 is 0 Å². The van der Waals surface area contributed by atoms with Crippen molar-refractivity contribution in [2.24, 2.45) is 11.8 Å². The van der Waals surface area contributed by atoms with Gasteiger partial charge < -0.3 is 0 Å². The number of hydrogen-bond acceptors (Lipinski definition) is 2. The zero-order chi connectivity index (χ0) is 22.5. The lowest BCUT2D eigenvalue weighted by molar-refractivity contribution is -0.122. The Balaban J connectivity index is 2.09. The third-order valence-electron chi connectivity index (χ3n) is 7.17. The van der Waals surface area contributed by atoms with E-state index in [1.165, 1.54) is 29.7 Å². The molecule has 0 spiro atoms. The maximum absolute atomic E-state index is 13.1. The van der Waals surface area contributed by atoms with E-state index in [1.54, 1.807) is 0 Å². The van der Waals surface area contributed by atoms with Crippen LogP contribution in [0.1, 0.15) is 92.1 Å². The summed E-state index contributed by atoms with van der Waals surface area (Å²) in [6.07, 6.45) is 7.29. The number of benzene rings is 1. The van der Waals surface area contributed by atoms with Crippen LogP contribution in [-0.2, 0) is 15.0 Å². The predicted octanol–water partition coefficient (Wildman–Crippen LogP) is 6.52. The fraction of sp³-hybridized carbons (Fsp3) is 0.692. The minimum absolute atomic E-state index is 0.0119. The molecule has 2 amide bonds. The molecule has 1 aromatic carbocycles. The molecule has 1 saturated heterocycles. The zero-order valence-electron chi connectivity index (χ0n) is 20.4. The van der Waals surface area contributed by atoms with Crippen LogP contribution in [0, 0.1) is 11.8 Å². The SMILES string of the molecule is CBC(C)(C)CC(C)(C)c1ccc(N2C(=O)CC(C(C)CCCCCC)C2=O)cc1.